The number of aliphatic carboxylic acids is 1. The minimum atomic E-state index is -1.16. The third kappa shape index (κ3) is 3.34. The summed E-state index contributed by atoms with van der Waals surface area (Å²) in [7, 11) is 0. The Morgan fingerprint density at radius 1 is 1.14 bits per heavy atom. The van der Waals surface area contributed by atoms with E-state index in [1.165, 1.54) is 25.6 Å². The first kappa shape index (κ1) is 20.2. The number of rotatable bonds is 5. The molecule has 0 aromatic heterocycles. The van der Waals surface area contributed by atoms with E-state index in [-0.39, 0.29) is 11.3 Å². The van der Waals surface area contributed by atoms with Crippen LogP contribution >= 0.6 is 11.8 Å². The number of carboxylic acids is 1. The van der Waals surface area contributed by atoms with Crippen molar-refractivity contribution in [3.05, 3.63) is 35.4 Å². The maximum Gasteiger partial charge on any atom is 0.325 e. The fourth-order valence-corrected chi connectivity index (χ4v) is 5.15. The first-order chi connectivity index (χ1) is 13.0. The number of hydrogen-bond acceptors (Lipinski definition) is 5. The molecule has 0 bridgehead atoms. The molecule has 150 valence electrons. The van der Waals surface area contributed by atoms with Crippen LogP contribution in [0.4, 0.5) is 0 Å². The summed E-state index contributed by atoms with van der Waals surface area (Å²) in [5.41, 5.74) is 1.48. The van der Waals surface area contributed by atoms with Crippen LogP contribution in [0.1, 0.15) is 49.0 Å². The van der Waals surface area contributed by atoms with Crippen LogP contribution in [0.25, 0.3) is 0 Å². The molecule has 0 saturated carbocycles. The minimum Gasteiger partial charge on any atom is -0.480 e. The molecule has 1 aromatic carbocycles. The third-order valence-electron chi connectivity index (χ3n) is 5.03. The summed E-state index contributed by atoms with van der Waals surface area (Å²) < 4.78 is -0.553. The topological polar surface area (TPSA) is 116 Å². The van der Waals surface area contributed by atoms with Gasteiger partial charge in [-0.1, -0.05) is 18.2 Å². The Morgan fingerprint density at radius 2 is 1.79 bits per heavy atom. The van der Waals surface area contributed by atoms with E-state index in [0.717, 1.165) is 5.56 Å². The molecule has 0 unspecified atom stereocenters. The van der Waals surface area contributed by atoms with E-state index in [9.17, 15) is 19.2 Å². The molecular formula is C19H23N3O5S. The van der Waals surface area contributed by atoms with Gasteiger partial charge in [0.15, 0.2) is 0 Å². The Kier molecular flexibility index (Phi) is 5.14. The van der Waals surface area contributed by atoms with E-state index in [2.05, 4.69) is 10.6 Å². The minimum absolute atomic E-state index is 0.199. The van der Waals surface area contributed by atoms with Gasteiger partial charge in [-0.15, -0.1) is 11.8 Å². The second kappa shape index (κ2) is 7.12. The number of thioether (sulfide) groups is 1. The molecule has 9 heteroatoms. The van der Waals surface area contributed by atoms with Gasteiger partial charge in [0.1, 0.15) is 23.5 Å². The zero-order valence-electron chi connectivity index (χ0n) is 16.1. The zero-order chi connectivity index (χ0) is 20.8. The highest BCUT2D eigenvalue weighted by Crippen LogP contribution is 2.56. The molecule has 0 radical (unpaired) electrons. The van der Waals surface area contributed by atoms with Gasteiger partial charge in [-0.2, -0.15) is 0 Å². The van der Waals surface area contributed by atoms with Crippen LogP contribution in [-0.2, 0) is 14.4 Å². The number of nitrogens with one attached hydrogen (secondary N) is 2. The normalized spacial score (nSPS) is 24.1. The molecular weight excluding hydrogens is 382 g/mol. The number of benzene rings is 1. The van der Waals surface area contributed by atoms with E-state index in [1.807, 2.05) is 26.0 Å². The van der Waals surface area contributed by atoms with Gasteiger partial charge in [0.2, 0.25) is 11.8 Å². The first-order valence-electron chi connectivity index (χ1n) is 8.97. The lowest BCUT2D eigenvalue weighted by Gasteiger charge is -2.30. The van der Waals surface area contributed by atoms with Crippen molar-refractivity contribution in [2.24, 2.45) is 0 Å². The van der Waals surface area contributed by atoms with Crippen LogP contribution in [0.5, 0.6) is 0 Å². The number of carboxylic acid groups (broad SMARTS) is 1. The maximum atomic E-state index is 13.0. The largest absolute Gasteiger partial charge is 0.480 e. The molecule has 1 aromatic rings. The molecule has 2 heterocycles. The van der Waals surface area contributed by atoms with Crippen molar-refractivity contribution in [1.82, 2.24) is 15.5 Å². The van der Waals surface area contributed by atoms with Crippen LogP contribution < -0.4 is 10.6 Å². The highest BCUT2D eigenvalue weighted by atomic mass is 32.2. The SMILES string of the molecule is C[C@H](NC(=O)[C@H](C)NC(=O)[C@H]1N2C(=O)c3ccccc3[C@H]2SC1(C)C)C(=O)O. The maximum absolute atomic E-state index is 13.0. The Hall–Kier alpha value is -2.55. The first-order valence-corrected chi connectivity index (χ1v) is 9.85. The molecule has 2 aliphatic rings. The highest BCUT2D eigenvalue weighted by Gasteiger charge is 2.57. The van der Waals surface area contributed by atoms with Gasteiger partial charge in [-0.05, 0) is 39.3 Å². The predicted octanol–water partition coefficient (Wildman–Crippen LogP) is 1.13. The van der Waals surface area contributed by atoms with E-state index in [1.54, 1.807) is 17.0 Å². The lowest BCUT2D eigenvalue weighted by Crippen LogP contribution is -2.57. The smallest absolute Gasteiger partial charge is 0.325 e. The Labute approximate surface area is 167 Å². The number of carbonyl (C=O) groups is 4. The van der Waals surface area contributed by atoms with E-state index < -0.39 is 40.7 Å². The summed E-state index contributed by atoms with van der Waals surface area (Å²) in [5, 5.41) is 13.6. The van der Waals surface area contributed by atoms with Crippen LogP contribution in [0.3, 0.4) is 0 Å². The summed E-state index contributed by atoms with van der Waals surface area (Å²) >= 11 is 1.54. The summed E-state index contributed by atoms with van der Waals surface area (Å²) in [4.78, 5) is 50.6. The third-order valence-corrected chi connectivity index (χ3v) is 6.56. The predicted molar refractivity (Wildman–Crippen MR) is 104 cm³/mol. The average molecular weight is 405 g/mol. The van der Waals surface area contributed by atoms with Crippen molar-refractivity contribution in [3.63, 3.8) is 0 Å². The Balaban J connectivity index is 1.77. The zero-order valence-corrected chi connectivity index (χ0v) is 16.9. The molecule has 3 N–H and O–H groups in total. The standard InChI is InChI=1S/C19H23N3O5S/c1-9(14(23)21-10(2)18(26)27)20-15(24)13-19(3,4)28-17-12-8-6-5-7-11(12)16(25)22(13)17/h5-10,13,17H,1-4H3,(H,20,24)(H,21,23)(H,26,27)/t9-,10-,13+,17+/m0/s1. The summed E-state index contributed by atoms with van der Waals surface area (Å²) in [6, 6.07) is 4.55. The van der Waals surface area contributed by atoms with Crippen LogP contribution in [0.15, 0.2) is 24.3 Å². The lowest BCUT2D eigenvalue weighted by molar-refractivity contribution is -0.141. The fraction of sp³-hybridized carbons (Fsp3) is 0.474. The van der Waals surface area contributed by atoms with Gasteiger partial charge in [-0.25, -0.2) is 0 Å². The van der Waals surface area contributed by atoms with Crippen molar-refractivity contribution in [2.45, 2.75) is 55.9 Å². The number of nitrogens with zero attached hydrogens (tertiary/aromatic N) is 1. The van der Waals surface area contributed by atoms with E-state index in [0.29, 0.717) is 5.56 Å². The number of carbonyl (C=O) groups excluding carboxylic acids is 3. The van der Waals surface area contributed by atoms with Gasteiger partial charge < -0.3 is 20.6 Å². The van der Waals surface area contributed by atoms with Crippen molar-refractivity contribution in [1.29, 1.82) is 0 Å². The molecule has 1 fully saturated rings. The number of hydrogen-bond donors (Lipinski definition) is 3. The summed E-state index contributed by atoms with van der Waals surface area (Å²) in [6.45, 7) is 6.62. The van der Waals surface area contributed by atoms with Gasteiger partial charge in [0.25, 0.3) is 5.91 Å². The van der Waals surface area contributed by atoms with Gasteiger partial charge in [0.05, 0.1) is 0 Å². The van der Waals surface area contributed by atoms with E-state index in [4.69, 9.17) is 5.11 Å². The van der Waals surface area contributed by atoms with Crippen LogP contribution in [0.2, 0.25) is 0 Å². The fourth-order valence-electron chi connectivity index (χ4n) is 3.56. The molecule has 1 saturated heterocycles. The lowest BCUT2D eigenvalue weighted by atomic mass is 10.0. The molecule has 3 amide bonds. The average Bonchev–Trinajstić information content (AvgIpc) is 3.04. The summed E-state index contributed by atoms with van der Waals surface area (Å²) in [5.74, 6) is -2.40. The van der Waals surface area contributed by atoms with Gasteiger partial charge >= 0.3 is 5.97 Å². The Bertz CT molecular complexity index is 856. The monoisotopic (exact) mass is 405 g/mol. The molecule has 0 spiro atoms. The van der Waals surface area contributed by atoms with Crippen LogP contribution in [0, 0.1) is 0 Å². The van der Waals surface area contributed by atoms with Gasteiger partial charge in [0, 0.05) is 10.3 Å². The van der Waals surface area contributed by atoms with Gasteiger partial charge in [-0.3, -0.25) is 19.2 Å². The van der Waals surface area contributed by atoms with Crippen molar-refractivity contribution in [2.75, 3.05) is 0 Å². The molecule has 4 atom stereocenters. The number of amides is 3. The second-order valence-corrected chi connectivity index (χ2v) is 9.31. The Morgan fingerprint density at radius 3 is 2.43 bits per heavy atom. The van der Waals surface area contributed by atoms with E-state index >= 15 is 0 Å². The summed E-state index contributed by atoms with van der Waals surface area (Å²) in [6.07, 6.45) is 0. The molecule has 3 rings (SSSR count). The highest BCUT2D eigenvalue weighted by molar-refractivity contribution is 8.01. The van der Waals surface area contributed by atoms with Crippen LogP contribution in [-0.4, -0.2) is 56.6 Å². The second-order valence-electron chi connectivity index (χ2n) is 7.57. The molecule has 8 nitrogen and oxygen atoms in total. The van der Waals surface area contributed by atoms with Crippen molar-refractivity contribution >= 4 is 35.5 Å². The van der Waals surface area contributed by atoms with Crippen molar-refractivity contribution in [3.8, 4) is 0 Å². The quantitative estimate of drug-likeness (QED) is 0.676. The van der Waals surface area contributed by atoms with Crippen molar-refractivity contribution < 1.29 is 24.3 Å². The molecule has 2 aliphatic heterocycles. The molecule has 28 heavy (non-hydrogen) atoms. The number of fused-ring (bicyclic) bond motifs is 3. The molecule has 0 aliphatic carbocycles.